The second kappa shape index (κ2) is 5.41. The summed E-state index contributed by atoms with van der Waals surface area (Å²) >= 11 is 0. The quantitative estimate of drug-likeness (QED) is 0.331. The number of hydrogen-bond acceptors (Lipinski definition) is 6. The number of hydrogen-bond donors (Lipinski definition) is 4. The Morgan fingerprint density at radius 3 is 2.55 bits per heavy atom. The number of nitro groups is 1. The van der Waals surface area contributed by atoms with Gasteiger partial charge in [0.25, 0.3) is 5.69 Å². The molecule has 0 saturated carbocycles. The van der Waals surface area contributed by atoms with E-state index in [-0.39, 0.29) is 34.3 Å². The van der Waals surface area contributed by atoms with Crippen LogP contribution < -0.4 is 16.9 Å². The zero-order valence-corrected chi connectivity index (χ0v) is 11.4. The van der Waals surface area contributed by atoms with Crippen LogP contribution in [0.2, 0.25) is 0 Å². The van der Waals surface area contributed by atoms with Gasteiger partial charge in [-0.2, -0.15) is 0 Å². The van der Waals surface area contributed by atoms with E-state index in [1.807, 2.05) is 0 Å². The van der Waals surface area contributed by atoms with E-state index in [9.17, 15) is 24.5 Å². The van der Waals surface area contributed by atoms with Gasteiger partial charge in [-0.15, -0.1) is 0 Å². The van der Waals surface area contributed by atoms with Gasteiger partial charge in [0.1, 0.15) is 6.04 Å². The molecule has 0 aliphatic heterocycles. The molecule has 0 fully saturated rings. The maximum atomic E-state index is 11.5. The number of aromatic amines is 2. The van der Waals surface area contributed by atoms with E-state index >= 15 is 0 Å². The Bertz CT molecular complexity index is 897. The van der Waals surface area contributed by atoms with Gasteiger partial charge in [0, 0.05) is 18.1 Å². The number of carboxylic acids is 1. The van der Waals surface area contributed by atoms with Crippen LogP contribution in [0.25, 0.3) is 11.0 Å². The molecule has 1 unspecified atom stereocenters. The van der Waals surface area contributed by atoms with Crippen LogP contribution in [0, 0.1) is 17.0 Å². The van der Waals surface area contributed by atoms with E-state index in [4.69, 9.17) is 10.8 Å². The first-order valence-corrected chi connectivity index (χ1v) is 6.14. The molecule has 10 heteroatoms. The number of rotatable bonds is 4. The highest BCUT2D eigenvalue weighted by Crippen LogP contribution is 2.28. The highest BCUT2D eigenvalue weighted by Gasteiger charge is 2.23. The third-order valence-corrected chi connectivity index (χ3v) is 3.32. The SMILES string of the molecule is Cc1c([N+](=O)[O-])cc2[nH]c(=O)c(=O)[nH]c2c1CC(N)C(=O)O. The van der Waals surface area contributed by atoms with Crippen molar-refractivity contribution in [3.8, 4) is 0 Å². The number of aromatic nitrogens is 2. The largest absolute Gasteiger partial charge is 0.480 e. The molecule has 1 aromatic carbocycles. The molecule has 0 amide bonds. The summed E-state index contributed by atoms with van der Waals surface area (Å²) in [5.74, 6) is -1.29. The van der Waals surface area contributed by atoms with Crippen LogP contribution in [-0.2, 0) is 11.2 Å². The maximum Gasteiger partial charge on any atom is 0.320 e. The summed E-state index contributed by atoms with van der Waals surface area (Å²) in [5.41, 5.74) is 3.81. The number of carboxylic acid groups (broad SMARTS) is 1. The van der Waals surface area contributed by atoms with Gasteiger partial charge in [0.2, 0.25) is 0 Å². The number of H-pyrrole nitrogens is 2. The minimum atomic E-state index is -1.31. The molecular formula is C12H12N4O6. The minimum absolute atomic E-state index is 0.0366. The van der Waals surface area contributed by atoms with Crippen molar-refractivity contribution in [1.29, 1.82) is 0 Å². The first kappa shape index (κ1) is 15.4. The van der Waals surface area contributed by atoms with Gasteiger partial charge in [0.15, 0.2) is 0 Å². The number of nitrogens with zero attached hydrogens (tertiary/aromatic N) is 1. The van der Waals surface area contributed by atoms with E-state index in [0.717, 1.165) is 6.07 Å². The zero-order valence-electron chi connectivity index (χ0n) is 11.4. The highest BCUT2D eigenvalue weighted by atomic mass is 16.6. The molecule has 10 nitrogen and oxygen atoms in total. The van der Waals surface area contributed by atoms with Gasteiger partial charge in [0.05, 0.1) is 16.0 Å². The summed E-state index contributed by atoms with van der Waals surface area (Å²) in [6, 6.07) is -0.197. The van der Waals surface area contributed by atoms with Crippen molar-refractivity contribution in [2.75, 3.05) is 0 Å². The lowest BCUT2D eigenvalue weighted by Crippen LogP contribution is -2.33. The molecule has 0 radical (unpaired) electrons. The van der Waals surface area contributed by atoms with E-state index in [1.54, 1.807) is 0 Å². The Morgan fingerprint density at radius 1 is 1.41 bits per heavy atom. The van der Waals surface area contributed by atoms with E-state index in [2.05, 4.69) is 9.97 Å². The molecule has 1 aromatic heterocycles. The topological polar surface area (TPSA) is 172 Å². The number of fused-ring (bicyclic) bond motifs is 1. The molecule has 0 bridgehead atoms. The summed E-state index contributed by atoms with van der Waals surface area (Å²) in [6.45, 7) is 1.42. The van der Waals surface area contributed by atoms with Gasteiger partial charge in [-0.25, -0.2) is 0 Å². The Kier molecular flexibility index (Phi) is 3.78. The van der Waals surface area contributed by atoms with E-state index in [0.29, 0.717) is 0 Å². The lowest BCUT2D eigenvalue weighted by atomic mass is 9.98. The maximum absolute atomic E-state index is 11.5. The summed E-state index contributed by atoms with van der Waals surface area (Å²) in [5, 5.41) is 20.0. The molecule has 0 aliphatic carbocycles. The van der Waals surface area contributed by atoms with Crippen molar-refractivity contribution in [3.63, 3.8) is 0 Å². The molecule has 2 rings (SSSR count). The van der Waals surface area contributed by atoms with Crippen LogP contribution in [0.3, 0.4) is 0 Å². The Morgan fingerprint density at radius 2 is 2.00 bits per heavy atom. The fourth-order valence-corrected chi connectivity index (χ4v) is 2.16. The van der Waals surface area contributed by atoms with Crippen molar-refractivity contribution in [3.05, 3.63) is 48.0 Å². The van der Waals surface area contributed by atoms with Crippen molar-refractivity contribution < 1.29 is 14.8 Å². The smallest absolute Gasteiger partial charge is 0.320 e. The molecule has 0 aliphatic rings. The van der Waals surface area contributed by atoms with Crippen LogP contribution in [0.5, 0.6) is 0 Å². The summed E-state index contributed by atoms with van der Waals surface area (Å²) in [7, 11) is 0. The number of benzene rings is 1. The lowest BCUT2D eigenvalue weighted by molar-refractivity contribution is -0.385. The predicted molar refractivity (Wildman–Crippen MR) is 75.9 cm³/mol. The summed E-state index contributed by atoms with van der Waals surface area (Å²) in [4.78, 5) is 48.7. The monoisotopic (exact) mass is 308 g/mol. The third-order valence-electron chi connectivity index (χ3n) is 3.32. The Balaban J connectivity index is 2.84. The number of nitro benzene ring substituents is 1. The van der Waals surface area contributed by atoms with Gasteiger partial charge in [-0.1, -0.05) is 0 Å². The molecule has 5 N–H and O–H groups in total. The van der Waals surface area contributed by atoms with Gasteiger partial charge in [-0.05, 0) is 12.5 Å². The number of aliphatic carboxylic acids is 1. The van der Waals surface area contributed by atoms with Crippen LogP contribution in [0.4, 0.5) is 5.69 Å². The first-order chi connectivity index (χ1) is 10.2. The van der Waals surface area contributed by atoms with Crippen molar-refractivity contribution >= 4 is 22.7 Å². The normalized spacial score (nSPS) is 12.3. The fraction of sp³-hybridized carbons (Fsp3) is 0.250. The lowest BCUT2D eigenvalue weighted by Gasteiger charge is -2.12. The first-order valence-electron chi connectivity index (χ1n) is 6.14. The minimum Gasteiger partial charge on any atom is -0.480 e. The van der Waals surface area contributed by atoms with Crippen LogP contribution >= 0.6 is 0 Å². The molecule has 22 heavy (non-hydrogen) atoms. The number of nitrogens with one attached hydrogen (secondary N) is 2. The van der Waals surface area contributed by atoms with E-state index in [1.165, 1.54) is 6.92 Å². The molecule has 0 saturated heterocycles. The molecule has 1 heterocycles. The van der Waals surface area contributed by atoms with Crippen LogP contribution in [0.1, 0.15) is 11.1 Å². The summed E-state index contributed by atoms with van der Waals surface area (Å²) in [6.07, 6.45) is -0.235. The second-order valence-corrected chi connectivity index (χ2v) is 4.74. The average molecular weight is 308 g/mol. The van der Waals surface area contributed by atoms with Crippen molar-refractivity contribution in [1.82, 2.24) is 9.97 Å². The highest BCUT2D eigenvalue weighted by molar-refractivity contribution is 5.84. The van der Waals surface area contributed by atoms with Gasteiger partial charge >= 0.3 is 17.1 Å². The molecule has 116 valence electrons. The molecular weight excluding hydrogens is 296 g/mol. The van der Waals surface area contributed by atoms with Crippen LogP contribution in [0.15, 0.2) is 15.7 Å². The Hall–Kier alpha value is -3.01. The van der Waals surface area contributed by atoms with Crippen LogP contribution in [-0.4, -0.2) is 32.0 Å². The average Bonchev–Trinajstić information content (AvgIpc) is 2.43. The summed E-state index contributed by atoms with van der Waals surface area (Å²) < 4.78 is 0. The third kappa shape index (κ3) is 2.59. The standard InChI is InChI=1S/C12H12N4O6/c1-4-5(2-6(13)12(19)20)9-7(3-8(4)16(21)22)14-10(17)11(18)15-9/h3,6H,2,13H2,1H3,(H,14,17)(H,15,18)(H,19,20). The Labute approximate surface area is 121 Å². The zero-order chi connectivity index (χ0) is 16.6. The molecule has 2 aromatic rings. The van der Waals surface area contributed by atoms with Gasteiger partial charge in [-0.3, -0.25) is 24.5 Å². The number of nitrogens with two attached hydrogens (primary N) is 1. The number of carbonyl (C=O) groups is 1. The molecule has 0 spiro atoms. The fourth-order valence-electron chi connectivity index (χ4n) is 2.16. The van der Waals surface area contributed by atoms with Crippen molar-refractivity contribution in [2.24, 2.45) is 5.73 Å². The predicted octanol–water partition coefficient (Wildman–Crippen LogP) is -0.613. The second-order valence-electron chi connectivity index (χ2n) is 4.74. The molecule has 1 atom stereocenters. The van der Waals surface area contributed by atoms with E-state index < -0.39 is 28.1 Å². The van der Waals surface area contributed by atoms with Crippen molar-refractivity contribution in [2.45, 2.75) is 19.4 Å². The van der Waals surface area contributed by atoms with Gasteiger partial charge < -0.3 is 20.8 Å².